The summed E-state index contributed by atoms with van der Waals surface area (Å²) in [7, 11) is -4.67. The van der Waals surface area contributed by atoms with Gasteiger partial charge in [0.15, 0.2) is 0 Å². The van der Waals surface area contributed by atoms with Crippen molar-refractivity contribution in [3.05, 3.63) is 0 Å². The molecule has 7 heteroatoms. The van der Waals surface area contributed by atoms with Crippen molar-refractivity contribution >= 4 is 10.4 Å². The molecule has 0 aliphatic heterocycles. The van der Waals surface area contributed by atoms with Gasteiger partial charge in [0, 0.05) is 5.92 Å². The molecule has 0 atom stereocenters. The summed E-state index contributed by atoms with van der Waals surface area (Å²) < 4.78 is 31.6. The summed E-state index contributed by atoms with van der Waals surface area (Å²) >= 11 is 0. The SMILES string of the molecule is CC(C)C#N.O=S(=O)(O)O.[H-].[K+]. The van der Waals surface area contributed by atoms with E-state index in [0.717, 1.165) is 0 Å². The molecule has 0 unspecified atom stereocenters. The maximum absolute atomic E-state index is 8.74. The van der Waals surface area contributed by atoms with E-state index in [1.807, 2.05) is 19.9 Å². The van der Waals surface area contributed by atoms with E-state index in [9.17, 15) is 0 Å². The molecule has 0 rings (SSSR count). The first-order chi connectivity index (χ1) is 4.27. The Hall–Kier alpha value is 0.996. The maximum Gasteiger partial charge on any atom is 1.00 e. The van der Waals surface area contributed by atoms with Crippen LogP contribution in [-0.2, 0) is 10.4 Å². The van der Waals surface area contributed by atoms with E-state index >= 15 is 0 Å². The predicted octanol–water partition coefficient (Wildman–Crippen LogP) is -2.37. The molecule has 0 bridgehead atoms. The molecule has 0 saturated heterocycles. The van der Waals surface area contributed by atoms with E-state index in [0.29, 0.717) is 0 Å². The summed E-state index contributed by atoms with van der Waals surface area (Å²) in [5.41, 5.74) is 0. The summed E-state index contributed by atoms with van der Waals surface area (Å²) in [4.78, 5) is 0. The van der Waals surface area contributed by atoms with Gasteiger partial charge in [0.2, 0.25) is 0 Å². The van der Waals surface area contributed by atoms with Gasteiger partial charge in [0.1, 0.15) is 0 Å². The van der Waals surface area contributed by atoms with Crippen LogP contribution < -0.4 is 51.4 Å². The van der Waals surface area contributed by atoms with E-state index in [2.05, 4.69) is 0 Å². The standard InChI is InChI=1S/C4H7N.K.H2O4S.H/c1-4(2)3-5;;1-5(2,3)4;/h4H,1-2H3;;(H2,1,2,3,4);/q;+1;;-1. The van der Waals surface area contributed by atoms with E-state index in [4.69, 9.17) is 22.8 Å². The average molecular weight is 207 g/mol. The zero-order valence-electron chi connectivity index (χ0n) is 7.64. The zero-order valence-corrected chi connectivity index (χ0v) is 10.6. The van der Waals surface area contributed by atoms with E-state index in [-0.39, 0.29) is 58.7 Å². The predicted molar refractivity (Wildman–Crippen MR) is 35.7 cm³/mol. The molecule has 0 amide bonds. The van der Waals surface area contributed by atoms with E-state index in [1.54, 1.807) is 0 Å². The van der Waals surface area contributed by atoms with Crippen LogP contribution in [0.1, 0.15) is 15.3 Å². The van der Waals surface area contributed by atoms with Crippen LogP contribution in [0.2, 0.25) is 0 Å². The first-order valence-electron chi connectivity index (χ1n) is 2.37. The fourth-order valence-corrected chi connectivity index (χ4v) is 0. The fraction of sp³-hybridized carbons (Fsp3) is 0.750. The molecule has 0 aromatic heterocycles. The molecule has 0 aliphatic carbocycles. The Labute approximate surface area is 110 Å². The molecule has 0 fully saturated rings. The van der Waals surface area contributed by atoms with Crippen LogP contribution in [0.15, 0.2) is 0 Å². The Kier molecular flexibility index (Phi) is 14.8. The van der Waals surface area contributed by atoms with Crippen molar-refractivity contribution in [3.63, 3.8) is 0 Å². The smallest absolute Gasteiger partial charge is 1.00 e. The Bertz CT molecular complexity index is 202. The second kappa shape index (κ2) is 9.09. The van der Waals surface area contributed by atoms with Crippen LogP contribution in [0.4, 0.5) is 0 Å². The number of rotatable bonds is 0. The third-order valence-corrected chi connectivity index (χ3v) is 0.258. The van der Waals surface area contributed by atoms with Gasteiger partial charge < -0.3 is 1.43 Å². The Morgan fingerprint density at radius 2 is 1.55 bits per heavy atom. The molecule has 0 saturated carbocycles. The van der Waals surface area contributed by atoms with Crippen molar-refractivity contribution in [3.8, 4) is 6.07 Å². The van der Waals surface area contributed by atoms with Gasteiger partial charge in [-0.25, -0.2) is 0 Å². The molecule has 0 aliphatic rings. The van der Waals surface area contributed by atoms with E-state index < -0.39 is 10.4 Å². The van der Waals surface area contributed by atoms with Gasteiger partial charge in [-0.2, -0.15) is 13.7 Å². The third kappa shape index (κ3) is 99.1. The summed E-state index contributed by atoms with van der Waals surface area (Å²) in [6.07, 6.45) is 0. The number of nitriles is 1. The molecule has 2 N–H and O–H groups in total. The molecule has 5 nitrogen and oxygen atoms in total. The van der Waals surface area contributed by atoms with E-state index in [1.165, 1.54) is 0 Å². The molecule has 62 valence electrons. The van der Waals surface area contributed by atoms with Gasteiger partial charge in [-0.3, -0.25) is 9.11 Å². The third-order valence-electron chi connectivity index (χ3n) is 0.258. The second-order valence-electron chi connectivity index (χ2n) is 1.73. The Morgan fingerprint density at radius 3 is 1.55 bits per heavy atom. The maximum atomic E-state index is 8.74. The number of hydrogen-bond donors (Lipinski definition) is 2. The summed E-state index contributed by atoms with van der Waals surface area (Å²) in [6.45, 7) is 3.72. The van der Waals surface area contributed by atoms with Crippen molar-refractivity contribution in [2.75, 3.05) is 0 Å². The Balaban J connectivity index is -0.0000000457. The largest absolute Gasteiger partial charge is 1.00 e. The molecular weight excluding hydrogens is 197 g/mol. The molecule has 0 heterocycles. The van der Waals surface area contributed by atoms with Crippen molar-refractivity contribution in [2.24, 2.45) is 5.92 Å². The molecule has 0 radical (unpaired) electrons. The van der Waals surface area contributed by atoms with Crippen LogP contribution in [0.25, 0.3) is 0 Å². The van der Waals surface area contributed by atoms with Crippen molar-refractivity contribution in [1.29, 1.82) is 5.26 Å². The monoisotopic (exact) mass is 207 g/mol. The fourth-order valence-electron chi connectivity index (χ4n) is 0. The van der Waals surface area contributed by atoms with Crippen LogP contribution in [0.3, 0.4) is 0 Å². The van der Waals surface area contributed by atoms with Gasteiger partial charge in [0.25, 0.3) is 0 Å². The molecule has 0 aromatic carbocycles. The van der Waals surface area contributed by atoms with Crippen LogP contribution in [-0.4, -0.2) is 17.5 Å². The van der Waals surface area contributed by atoms with Gasteiger partial charge in [-0.05, 0) is 13.8 Å². The zero-order chi connectivity index (χ0) is 8.78. The minimum Gasteiger partial charge on any atom is -1.00 e. The summed E-state index contributed by atoms with van der Waals surface area (Å²) in [6, 6.07) is 2.03. The van der Waals surface area contributed by atoms with Gasteiger partial charge in [-0.15, -0.1) is 0 Å². The van der Waals surface area contributed by atoms with Crippen molar-refractivity contribution in [1.82, 2.24) is 0 Å². The topological polar surface area (TPSA) is 98.4 Å². The first kappa shape index (κ1) is 17.9. The molecule has 0 spiro atoms. The van der Waals surface area contributed by atoms with Crippen LogP contribution in [0, 0.1) is 17.2 Å². The summed E-state index contributed by atoms with van der Waals surface area (Å²) in [5.74, 6) is 0.190. The normalized spacial score (nSPS) is 8.73. The Morgan fingerprint density at radius 1 is 1.45 bits per heavy atom. The molecular formula is C4H10KNO4S. The second-order valence-corrected chi connectivity index (χ2v) is 2.63. The minimum absolute atomic E-state index is 0. The van der Waals surface area contributed by atoms with Crippen molar-refractivity contribution in [2.45, 2.75) is 13.8 Å². The van der Waals surface area contributed by atoms with Gasteiger partial charge >= 0.3 is 61.8 Å². The van der Waals surface area contributed by atoms with Gasteiger partial charge in [-0.1, -0.05) is 0 Å². The van der Waals surface area contributed by atoms with Crippen molar-refractivity contribution < 1.29 is 70.3 Å². The van der Waals surface area contributed by atoms with Crippen LogP contribution >= 0.6 is 0 Å². The molecule has 11 heavy (non-hydrogen) atoms. The molecule has 0 aromatic rings. The number of hydrogen-bond acceptors (Lipinski definition) is 3. The average Bonchev–Trinajstić information content (AvgIpc) is 1.61. The first-order valence-corrected chi connectivity index (χ1v) is 3.76. The van der Waals surface area contributed by atoms with Gasteiger partial charge in [0.05, 0.1) is 6.07 Å². The summed E-state index contributed by atoms with van der Waals surface area (Å²) in [5, 5.41) is 7.89. The quantitative estimate of drug-likeness (QED) is 0.342. The van der Waals surface area contributed by atoms with Crippen LogP contribution in [0.5, 0.6) is 0 Å². The number of nitrogens with zero attached hydrogens (tertiary/aromatic N) is 1. The minimum atomic E-state index is -4.67.